The second-order valence-electron chi connectivity index (χ2n) is 5.13. The van der Waals surface area contributed by atoms with Crippen molar-refractivity contribution in [3.05, 3.63) is 24.3 Å². The van der Waals surface area contributed by atoms with Gasteiger partial charge in [0, 0.05) is 10.2 Å². The Hall–Kier alpha value is -0.700. The Morgan fingerprint density at radius 3 is 2.32 bits per heavy atom. The van der Waals surface area contributed by atoms with E-state index < -0.39 is 0 Å². The van der Waals surface area contributed by atoms with Crippen LogP contribution in [0.3, 0.4) is 0 Å². The summed E-state index contributed by atoms with van der Waals surface area (Å²) in [6.07, 6.45) is 3.64. The smallest absolute Gasteiger partial charge is 0.161 e. The number of rotatable bonds is 6. The first-order valence-electron chi connectivity index (χ1n) is 7.20. The largest absolute Gasteiger partial charge is 0.490 e. The number of benzene rings is 1. The molecule has 2 rings (SSSR count). The number of halogens is 1. The van der Waals surface area contributed by atoms with Crippen LogP contribution in [-0.2, 0) is 0 Å². The lowest BCUT2D eigenvalue weighted by Crippen LogP contribution is -2.56. The number of para-hydroxylation sites is 2. The molecule has 0 N–H and O–H groups in total. The highest BCUT2D eigenvalue weighted by Crippen LogP contribution is 2.53. The van der Waals surface area contributed by atoms with Gasteiger partial charge in [0.2, 0.25) is 0 Å². The Labute approximate surface area is 124 Å². The quantitative estimate of drug-likeness (QED) is 0.698. The van der Waals surface area contributed by atoms with Crippen LogP contribution >= 0.6 is 15.9 Å². The first-order valence-corrected chi connectivity index (χ1v) is 8.12. The number of hydrogen-bond acceptors (Lipinski definition) is 2. The molecule has 1 aliphatic rings. The summed E-state index contributed by atoms with van der Waals surface area (Å²) in [5, 5.41) is 0. The molecule has 1 aliphatic carbocycles. The van der Waals surface area contributed by atoms with Crippen molar-refractivity contribution in [1.29, 1.82) is 0 Å². The average Bonchev–Trinajstić information content (AvgIpc) is 2.42. The van der Waals surface area contributed by atoms with Crippen LogP contribution in [0, 0.1) is 5.41 Å². The molecule has 106 valence electrons. The minimum atomic E-state index is 0.263. The summed E-state index contributed by atoms with van der Waals surface area (Å²) in [5.41, 5.74) is 0.263. The highest BCUT2D eigenvalue weighted by Gasteiger charge is 2.53. The third-order valence-corrected chi connectivity index (χ3v) is 5.71. The fourth-order valence-corrected chi connectivity index (χ4v) is 4.27. The number of alkyl halides is 1. The van der Waals surface area contributed by atoms with Gasteiger partial charge in [0.25, 0.3) is 0 Å². The lowest BCUT2D eigenvalue weighted by atomic mass is 9.62. The summed E-state index contributed by atoms with van der Waals surface area (Å²) >= 11 is 3.80. The molecule has 0 radical (unpaired) electrons. The van der Waals surface area contributed by atoms with Crippen LogP contribution in [0.15, 0.2) is 24.3 Å². The summed E-state index contributed by atoms with van der Waals surface area (Å²) in [6, 6.07) is 7.96. The predicted molar refractivity (Wildman–Crippen MR) is 82.4 cm³/mol. The number of hydrogen-bond donors (Lipinski definition) is 0. The molecule has 0 aliphatic heterocycles. The van der Waals surface area contributed by atoms with E-state index in [1.54, 1.807) is 0 Å². The summed E-state index contributed by atoms with van der Waals surface area (Å²) in [5.74, 6) is 1.73. The van der Waals surface area contributed by atoms with Crippen molar-refractivity contribution >= 4 is 15.9 Å². The molecule has 0 bridgehead atoms. The van der Waals surface area contributed by atoms with Crippen molar-refractivity contribution in [2.75, 3.05) is 6.61 Å². The molecule has 2 nitrogen and oxygen atoms in total. The molecule has 1 aromatic carbocycles. The molecule has 19 heavy (non-hydrogen) atoms. The molecule has 2 atom stereocenters. The van der Waals surface area contributed by atoms with Gasteiger partial charge >= 0.3 is 0 Å². The van der Waals surface area contributed by atoms with E-state index in [1.807, 2.05) is 31.2 Å². The maximum absolute atomic E-state index is 6.25. The standard InChI is InChI=1S/C16H23BrO2/c1-4-16(5-2)14(17)11-15(16)19-13-10-8-7-9-12(13)18-6-3/h7-10,14-15H,4-6,11H2,1-3H3. The van der Waals surface area contributed by atoms with Gasteiger partial charge in [-0.15, -0.1) is 0 Å². The molecule has 1 aromatic rings. The second-order valence-corrected chi connectivity index (χ2v) is 6.24. The van der Waals surface area contributed by atoms with E-state index in [9.17, 15) is 0 Å². The Balaban J connectivity index is 2.14. The first-order chi connectivity index (χ1) is 9.17. The zero-order chi connectivity index (χ0) is 13.9. The van der Waals surface area contributed by atoms with E-state index in [4.69, 9.17) is 9.47 Å². The van der Waals surface area contributed by atoms with Crippen LogP contribution in [0.2, 0.25) is 0 Å². The predicted octanol–water partition coefficient (Wildman–Crippen LogP) is 4.81. The third-order valence-electron chi connectivity index (χ3n) is 4.42. The zero-order valence-corrected chi connectivity index (χ0v) is 13.6. The van der Waals surface area contributed by atoms with Crippen LogP contribution < -0.4 is 9.47 Å². The normalized spacial score (nSPS) is 24.6. The van der Waals surface area contributed by atoms with Gasteiger partial charge in [0.15, 0.2) is 11.5 Å². The molecule has 2 unspecified atom stereocenters. The fraction of sp³-hybridized carbons (Fsp3) is 0.625. The lowest BCUT2D eigenvalue weighted by molar-refractivity contribution is -0.0423. The topological polar surface area (TPSA) is 18.5 Å². The van der Waals surface area contributed by atoms with E-state index >= 15 is 0 Å². The molecule has 3 heteroatoms. The van der Waals surface area contributed by atoms with Crippen molar-refractivity contribution in [1.82, 2.24) is 0 Å². The van der Waals surface area contributed by atoms with E-state index in [2.05, 4.69) is 29.8 Å². The maximum atomic E-state index is 6.25. The maximum Gasteiger partial charge on any atom is 0.161 e. The molecular weight excluding hydrogens is 304 g/mol. The van der Waals surface area contributed by atoms with Gasteiger partial charge in [-0.1, -0.05) is 41.9 Å². The van der Waals surface area contributed by atoms with Crippen molar-refractivity contribution < 1.29 is 9.47 Å². The summed E-state index contributed by atoms with van der Waals surface area (Å²) in [4.78, 5) is 0.569. The van der Waals surface area contributed by atoms with Gasteiger partial charge in [-0.25, -0.2) is 0 Å². The highest BCUT2D eigenvalue weighted by atomic mass is 79.9. The summed E-state index contributed by atoms with van der Waals surface area (Å²) < 4.78 is 11.9. The minimum Gasteiger partial charge on any atom is -0.490 e. The molecule has 1 fully saturated rings. The number of ether oxygens (including phenoxy) is 2. The zero-order valence-electron chi connectivity index (χ0n) is 12.0. The monoisotopic (exact) mass is 326 g/mol. The Kier molecular flexibility index (Phi) is 4.77. The second kappa shape index (κ2) is 6.17. The van der Waals surface area contributed by atoms with Gasteiger partial charge in [-0.05, 0) is 38.3 Å². The van der Waals surface area contributed by atoms with Gasteiger partial charge in [0.05, 0.1) is 6.61 Å². The molecule has 0 amide bonds. The van der Waals surface area contributed by atoms with E-state index in [1.165, 1.54) is 0 Å². The Morgan fingerprint density at radius 1 is 1.16 bits per heavy atom. The summed E-state index contributed by atoms with van der Waals surface area (Å²) in [7, 11) is 0. The molecule has 0 heterocycles. The van der Waals surface area contributed by atoms with Crippen molar-refractivity contribution in [2.24, 2.45) is 5.41 Å². The van der Waals surface area contributed by atoms with Crippen LogP contribution in [0.1, 0.15) is 40.0 Å². The molecule has 0 aromatic heterocycles. The van der Waals surface area contributed by atoms with Gasteiger partial charge in [0.1, 0.15) is 6.10 Å². The van der Waals surface area contributed by atoms with Crippen molar-refractivity contribution in [2.45, 2.75) is 51.0 Å². The van der Waals surface area contributed by atoms with Crippen LogP contribution in [0.25, 0.3) is 0 Å². The van der Waals surface area contributed by atoms with E-state index in [0.717, 1.165) is 30.8 Å². The SMILES string of the molecule is CCOc1ccccc1OC1CC(Br)C1(CC)CC. The van der Waals surface area contributed by atoms with Crippen LogP contribution in [0.4, 0.5) is 0 Å². The van der Waals surface area contributed by atoms with E-state index in [0.29, 0.717) is 11.4 Å². The van der Waals surface area contributed by atoms with Gasteiger partial charge in [-0.3, -0.25) is 0 Å². The van der Waals surface area contributed by atoms with E-state index in [-0.39, 0.29) is 11.5 Å². The lowest BCUT2D eigenvalue weighted by Gasteiger charge is -2.52. The van der Waals surface area contributed by atoms with Crippen LogP contribution in [-0.4, -0.2) is 17.5 Å². The van der Waals surface area contributed by atoms with Crippen LogP contribution in [0.5, 0.6) is 11.5 Å². The summed E-state index contributed by atoms with van der Waals surface area (Å²) in [6.45, 7) is 7.17. The van der Waals surface area contributed by atoms with Crippen molar-refractivity contribution in [3.8, 4) is 11.5 Å². The molecule has 1 saturated carbocycles. The van der Waals surface area contributed by atoms with Crippen molar-refractivity contribution in [3.63, 3.8) is 0 Å². The van der Waals surface area contributed by atoms with Gasteiger partial charge < -0.3 is 9.47 Å². The minimum absolute atomic E-state index is 0.263. The average molecular weight is 327 g/mol. The molecular formula is C16H23BrO2. The first kappa shape index (κ1) is 14.7. The fourth-order valence-electron chi connectivity index (χ4n) is 2.99. The Morgan fingerprint density at radius 2 is 1.79 bits per heavy atom. The van der Waals surface area contributed by atoms with Gasteiger partial charge in [-0.2, -0.15) is 0 Å². The Bertz CT molecular complexity index is 415. The molecule has 0 saturated heterocycles. The molecule has 0 spiro atoms. The highest BCUT2D eigenvalue weighted by molar-refractivity contribution is 9.09. The third kappa shape index (κ3) is 2.62.